The average Bonchev–Trinajstić information content (AvgIpc) is 3.25. The zero-order valence-corrected chi connectivity index (χ0v) is 17.0. The van der Waals surface area contributed by atoms with E-state index in [9.17, 15) is 8.42 Å². The maximum absolute atomic E-state index is 12.4. The SMILES string of the molecule is Cc1sc2ncnc(N3CCC(NS(=O)(=O)c4cccs4)CC3)c2c1C. The Morgan fingerprint density at radius 1 is 1.23 bits per heavy atom. The highest BCUT2D eigenvalue weighted by Crippen LogP contribution is 2.35. The molecular weight excluding hydrogens is 388 g/mol. The van der Waals surface area contributed by atoms with Crippen LogP contribution in [0.15, 0.2) is 28.0 Å². The van der Waals surface area contributed by atoms with Crippen molar-refractivity contribution in [3.8, 4) is 0 Å². The fraction of sp³-hybridized carbons (Fsp3) is 0.412. The normalized spacial score (nSPS) is 16.5. The minimum atomic E-state index is -3.41. The van der Waals surface area contributed by atoms with E-state index in [1.54, 1.807) is 35.2 Å². The summed E-state index contributed by atoms with van der Waals surface area (Å²) in [4.78, 5) is 13.5. The van der Waals surface area contributed by atoms with Crippen LogP contribution < -0.4 is 9.62 Å². The van der Waals surface area contributed by atoms with Gasteiger partial charge in [0.25, 0.3) is 0 Å². The summed E-state index contributed by atoms with van der Waals surface area (Å²) < 4.78 is 28.0. The molecule has 4 heterocycles. The number of hydrogen-bond acceptors (Lipinski definition) is 7. The summed E-state index contributed by atoms with van der Waals surface area (Å²) in [6.07, 6.45) is 3.15. The number of aryl methyl sites for hydroxylation is 2. The van der Waals surface area contributed by atoms with Gasteiger partial charge in [0, 0.05) is 24.0 Å². The Labute approximate surface area is 161 Å². The minimum Gasteiger partial charge on any atom is -0.356 e. The van der Waals surface area contributed by atoms with Crippen molar-refractivity contribution in [3.05, 3.63) is 34.3 Å². The molecule has 3 aromatic rings. The number of thiophene rings is 2. The van der Waals surface area contributed by atoms with Crippen LogP contribution in [0.1, 0.15) is 23.3 Å². The molecule has 3 aromatic heterocycles. The predicted octanol–water partition coefficient (Wildman–Crippen LogP) is 3.32. The Morgan fingerprint density at radius 2 is 2.00 bits per heavy atom. The van der Waals surface area contributed by atoms with Gasteiger partial charge in [0.1, 0.15) is 21.2 Å². The van der Waals surface area contributed by atoms with Gasteiger partial charge in [-0.25, -0.2) is 23.1 Å². The van der Waals surface area contributed by atoms with E-state index >= 15 is 0 Å². The number of fused-ring (bicyclic) bond motifs is 1. The molecule has 0 unspecified atom stereocenters. The fourth-order valence-electron chi connectivity index (χ4n) is 3.31. The highest BCUT2D eigenvalue weighted by molar-refractivity contribution is 7.91. The summed E-state index contributed by atoms with van der Waals surface area (Å²) in [7, 11) is -3.41. The second-order valence-corrected chi connectivity index (χ2v) is 10.6. The zero-order chi connectivity index (χ0) is 18.3. The Hall–Kier alpha value is -1.55. The van der Waals surface area contributed by atoms with Gasteiger partial charge < -0.3 is 4.90 Å². The van der Waals surface area contributed by atoms with Gasteiger partial charge in [0.05, 0.1) is 5.39 Å². The van der Waals surface area contributed by atoms with Gasteiger partial charge in [0.15, 0.2) is 0 Å². The molecule has 138 valence electrons. The van der Waals surface area contributed by atoms with Crippen LogP contribution in [0.2, 0.25) is 0 Å². The standard InChI is InChI=1S/C17H20N4O2S3/c1-11-12(2)25-17-15(11)16(18-10-19-17)21-7-5-13(6-8-21)20-26(22,23)14-4-3-9-24-14/h3-4,9-10,13,20H,5-8H2,1-2H3. The quantitative estimate of drug-likeness (QED) is 0.717. The first-order valence-electron chi connectivity index (χ1n) is 8.47. The third-order valence-electron chi connectivity index (χ3n) is 4.82. The monoisotopic (exact) mass is 408 g/mol. The number of piperidine rings is 1. The molecule has 0 amide bonds. The van der Waals surface area contributed by atoms with Crippen molar-refractivity contribution in [3.63, 3.8) is 0 Å². The van der Waals surface area contributed by atoms with E-state index in [1.165, 1.54) is 21.8 Å². The molecule has 6 nitrogen and oxygen atoms in total. The Bertz CT molecular complexity index is 1020. The number of nitrogens with zero attached hydrogens (tertiary/aromatic N) is 3. The summed E-state index contributed by atoms with van der Waals surface area (Å²) >= 11 is 2.94. The molecule has 0 saturated carbocycles. The Kier molecular flexibility index (Phi) is 4.72. The highest BCUT2D eigenvalue weighted by atomic mass is 32.2. The molecule has 1 fully saturated rings. The van der Waals surface area contributed by atoms with Crippen LogP contribution in [0.4, 0.5) is 5.82 Å². The number of nitrogens with one attached hydrogen (secondary N) is 1. The molecule has 0 aliphatic carbocycles. The maximum Gasteiger partial charge on any atom is 0.250 e. The lowest BCUT2D eigenvalue weighted by Gasteiger charge is -2.33. The van der Waals surface area contributed by atoms with E-state index in [1.807, 2.05) is 0 Å². The fourth-order valence-corrected chi connectivity index (χ4v) is 6.61. The van der Waals surface area contributed by atoms with Gasteiger partial charge in [-0.05, 0) is 43.7 Å². The third kappa shape index (κ3) is 3.24. The summed E-state index contributed by atoms with van der Waals surface area (Å²) in [5.41, 5.74) is 1.24. The third-order valence-corrected chi connectivity index (χ3v) is 8.85. The summed E-state index contributed by atoms with van der Waals surface area (Å²) in [6.45, 7) is 5.77. The van der Waals surface area contributed by atoms with Crippen LogP contribution in [-0.2, 0) is 10.0 Å². The topological polar surface area (TPSA) is 75.2 Å². The Balaban J connectivity index is 1.49. The van der Waals surface area contributed by atoms with Gasteiger partial charge in [-0.3, -0.25) is 0 Å². The van der Waals surface area contributed by atoms with Crippen molar-refractivity contribution in [2.75, 3.05) is 18.0 Å². The van der Waals surface area contributed by atoms with Crippen molar-refractivity contribution < 1.29 is 8.42 Å². The van der Waals surface area contributed by atoms with Gasteiger partial charge in [-0.1, -0.05) is 6.07 Å². The van der Waals surface area contributed by atoms with Crippen LogP contribution in [0.3, 0.4) is 0 Å². The van der Waals surface area contributed by atoms with Gasteiger partial charge >= 0.3 is 0 Å². The van der Waals surface area contributed by atoms with Crippen molar-refractivity contribution in [1.29, 1.82) is 0 Å². The molecule has 0 atom stereocenters. The number of sulfonamides is 1. The van der Waals surface area contributed by atoms with Crippen molar-refractivity contribution in [2.24, 2.45) is 0 Å². The largest absolute Gasteiger partial charge is 0.356 e. The van der Waals surface area contributed by atoms with Gasteiger partial charge in [-0.2, -0.15) is 0 Å². The van der Waals surface area contributed by atoms with E-state index in [0.29, 0.717) is 4.21 Å². The average molecular weight is 409 g/mol. The minimum absolute atomic E-state index is 0.0408. The predicted molar refractivity (Wildman–Crippen MR) is 107 cm³/mol. The second kappa shape index (κ2) is 6.88. The van der Waals surface area contributed by atoms with Crippen LogP contribution in [0.5, 0.6) is 0 Å². The number of aromatic nitrogens is 2. The molecule has 0 radical (unpaired) electrons. The molecule has 26 heavy (non-hydrogen) atoms. The molecule has 1 aliphatic rings. The molecule has 4 rings (SSSR count). The van der Waals surface area contributed by atoms with Crippen LogP contribution in [0, 0.1) is 13.8 Å². The number of hydrogen-bond donors (Lipinski definition) is 1. The Morgan fingerprint density at radius 3 is 2.69 bits per heavy atom. The van der Waals surface area contributed by atoms with E-state index in [2.05, 4.69) is 33.4 Å². The molecule has 1 saturated heterocycles. The lowest BCUT2D eigenvalue weighted by molar-refractivity contribution is 0.459. The van der Waals surface area contributed by atoms with Crippen LogP contribution >= 0.6 is 22.7 Å². The second-order valence-electron chi connectivity index (χ2n) is 6.48. The van der Waals surface area contributed by atoms with Crippen LogP contribution in [-0.4, -0.2) is 37.5 Å². The molecule has 0 spiro atoms. The summed E-state index contributed by atoms with van der Waals surface area (Å²) in [6, 6.07) is 3.36. The lowest BCUT2D eigenvalue weighted by Crippen LogP contribution is -2.44. The van der Waals surface area contributed by atoms with Crippen LogP contribution in [0.25, 0.3) is 10.2 Å². The molecule has 9 heteroatoms. The summed E-state index contributed by atoms with van der Waals surface area (Å²) in [5, 5.41) is 2.91. The number of anilines is 1. The molecule has 1 N–H and O–H groups in total. The van der Waals surface area contributed by atoms with E-state index in [0.717, 1.165) is 42.0 Å². The maximum atomic E-state index is 12.4. The van der Waals surface area contributed by atoms with Gasteiger partial charge in [-0.15, -0.1) is 22.7 Å². The first-order valence-corrected chi connectivity index (χ1v) is 11.6. The summed E-state index contributed by atoms with van der Waals surface area (Å²) in [5.74, 6) is 0.969. The van der Waals surface area contributed by atoms with E-state index in [-0.39, 0.29) is 6.04 Å². The molecular formula is C17H20N4O2S3. The van der Waals surface area contributed by atoms with E-state index < -0.39 is 10.0 Å². The smallest absolute Gasteiger partial charge is 0.250 e. The van der Waals surface area contributed by atoms with Crippen molar-refractivity contribution in [2.45, 2.75) is 36.9 Å². The number of rotatable bonds is 4. The molecule has 0 aromatic carbocycles. The molecule has 1 aliphatic heterocycles. The van der Waals surface area contributed by atoms with Crippen molar-refractivity contribution >= 4 is 48.7 Å². The van der Waals surface area contributed by atoms with Crippen molar-refractivity contribution in [1.82, 2.24) is 14.7 Å². The lowest BCUT2D eigenvalue weighted by atomic mass is 10.1. The first-order chi connectivity index (χ1) is 12.5. The van der Waals surface area contributed by atoms with E-state index in [4.69, 9.17) is 0 Å². The highest BCUT2D eigenvalue weighted by Gasteiger charge is 2.27. The molecule has 0 bridgehead atoms. The first kappa shape index (κ1) is 17.8. The zero-order valence-electron chi connectivity index (χ0n) is 14.6. The van der Waals surface area contributed by atoms with Gasteiger partial charge in [0.2, 0.25) is 10.0 Å².